The summed E-state index contributed by atoms with van der Waals surface area (Å²) in [6.45, 7) is 6.57. The van der Waals surface area contributed by atoms with E-state index < -0.39 is 15.6 Å². The number of amides is 1. The third-order valence-corrected chi connectivity index (χ3v) is 7.10. The van der Waals surface area contributed by atoms with E-state index in [1.165, 1.54) is 6.42 Å². The summed E-state index contributed by atoms with van der Waals surface area (Å²) in [7, 11) is -3.37. The van der Waals surface area contributed by atoms with Crippen molar-refractivity contribution in [3.8, 4) is 0 Å². The fourth-order valence-corrected chi connectivity index (χ4v) is 5.24. The van der Waals surface area contributed by atoms with Crippen molar-refractivity contribution in [2.45, 2.75) is 58.9 Å². The summed E-state index contributed by atoms with van der Waals surface area (Å²) in [6.07, 6.45) is 4.51. The van der Waals surface area contributed by atoms with E-state index >= 15 is 0 Å². The normalized spacial score (nSPS) is 23.8. The third kappa shape index (κ3) is 6.75. The summed E-state index contributed by atoms with van der Waals surface area (Å²) in [4.78, 5) is 12.3. The van der Waals surface area contributed by atoms with Crippen LogP contribution in [0.15, 0.2) is 30.3 Å². The third-order valence-electron chi connectivity index (χ3n) is 5.48. The van der Waals surface area contributed by atoms with Crippen molar-refractivity contribution in [1.82, 2.24) is 5.32 Å². The van der Waals surface area contributed by atoms with Crippen molar-refractivity contribution in [1.29, 1.82) is 0 Å². The van der Waals surface area contributed by atoms with Gasteiger partial charge in [0, 0.05) is 6.04 Å². The fraction of sp³-hybridized carbons (Fsp3) is 0.667. The lowest BCUT2D eigenvalue weighted by atomic mass is 9.74. The van der Waals surface area contributed by atoms with Crippen LogP contribution in [0, 0.1) is 17.8 Å². The molecule has 2 rings (SSSR count). The lowest BCUT2D eigenvalue weighted by Gasteiger charge is -2.37. The van der Waals surface area contributed by atoms with Gasteiger partial charge in [0.2, 0.25) is 5.91 Å². The number of rotatable bonds is 8. The van der Waals surface area contributed by atoms with E-state index in [1.807, 2.05) is 30.3 Å². The predicted molar refractivity (Wildman–Crippen MR) is 107 cm³/mol. The van der Waals surface area contributed by atoms with Crippen LogP contribution >= 0.6 is 0 Å². The Labute approximate surface area is 158 Å². The molecule has 1 N–H and O–H groups in total. The first-order chi connectivity index (χ1) is 12.3. The molecule has 4 nitrogen and oxygen atoms in total. The van der Waals surface area contributed by atoms with E-state index in [1.54, 1.807) is 0 Å². The number of carbonyl (C=O) groups is 1. The molecule has 0 aromatic heterocycles. The summed E-state index contributed by atoms with van der Waals surface area (Å²) < 4.78 is 24.6. The van der Waals surface area contributed by atoms with E-state index in [9.17, 15) is 13.2 Å². The van der Waals surface area contributed by atoms with E-state index in [4.69, 9.17) is 0 Å². The van der Waals surface area contributed by atoms with Crippen LogP contribution < -0.4 is 5.32 Å². The zero-order valence-corrected chi connectivity index (χ0v) is 17.1. The van der Waals surface area contributed by atoms with Crippen LogP contribution in [0.2, 0.25) is 0 Å². The molecular weight excluding hydrogens is 346 g/mol. The van der Waals surface area contributed by atoms with Crippen LogP contribution in [0.3, 0.4) is 0 Å². The Kier molecular flexibility index (Phi) is 7.69. The molecule has 1 amide bonds. The minimum atomic E-state index is -3.37. The van der Waals surface area contributed by atoms with Crippen LogP contribution in [0.5, 0.6) is 0 Å². The van der Waals surface area contributed by atoms with Crippen molar-refractivity contribution in [2.24, 2.45) is 17.8 Å². The van der Waals surface area contributed by atoms with Gasteiger partial charge < -0.3 is 5.32 Å². The second-order valence-electron chi connectivity index (χ2n) is 8.18. The first kappa shape index (κ1) is 20.9. The molecule has 5 heteroatoms. The number of hydrogen-bond donors (Lipinski definition) is 1. The fourth-order valence-electron chi connectivity index (χ4n) is 4.03. The number of aryl methyl sites for hydroxylation is 1. The average molecular weight is 380 g/mol. The quantitative estimate of drug-likeness (QED) is 0.750. The molecule has 0 unspecified atom stereocenters. The first-order valence-electron chi connectivity index (χ1n) is 9.80. The molecule has 3 atom stereocenters. The molecular formula is C21H33NO3S. The number of hydrogen-bond acceptors (Lipinski definition) is 3. The Morgan fingerprint density at radius 2 is 1.88 bits per heavy atom. The summed E-state index contributed by atoms with van der Waals surface area (Å²) in [6, 6.07) is 9.94. The maximum absolute atomic E-state index is 12.3. The van der Waals surface area contributed by atoms with Crippen molar-refractivity contribution in [3.63, 3.8) is 0 Å². The summed E-state index contributed by atoms with van der Waals surface area (Å²) >= 11 is 0. The van der Waals surface area contributed by atoms with Gasteiger partial charge in [0.05, 0.1) is 5.75 Å². The van der Waals surface area contributed by atoms with Gasteiger partial charge in [-0.1, -0.05) is 57.5 Å². The van der Waals surface area contributed by atoms with E-state index in [0.29, 0.717) is 24.2 Å². The molecule has 1 saturated carbocycles. The van der Waals surface area contributed by atoms with Gasteiger partial charge in [-0.05, 0) is 49.0 Å². The van der Waals surface area contributed by atoms with Gasteiger partial charge in [-0.25, -0.2) is 8.42 Å². The Morgan fingerprint density at radius 3 is 2.54 bits per heavy atom. The zero-order valence-electron chi connectivity index (χ0n) is 16.3. The number of sulfone groups is 1. The van der Waals surface area contributed by atoms with Crippen LogP contribution in [0.25, 0.3) is 0 Å². The highest BCUT2D eigenvalue weighted by atomic mass is 32.2. The van der Waals surface area contributed by atoms with Gasteiger partial charge in [0.1, 0.15) is 5.75 Å². The van der Waals surface area contributed by atoms with Crippen LogP contribution in [0.4, 0.5) is 0 Å². The maximum atomic E-state index is 12.3. The van der Waals surface area contributed by atoms with Gasteiger partial charge >= 0.3 is 0 Å². The average Bonchev–Trinajstić information content (AvgIpc) is 2.54. The zero-order chi connectivity index (χ0) is 19.2. The lowest BCUT2D eigenvalue weighted by Crippen LogP contribution is -2.47. The minimum absolute atomic E-state index is 0.0595. The Bertz CT molecular complexity index is 670. The topological polar surface area (TPSA) is 63.2 Å². The second kappa shape index (κ2) is 9.54. The minimum Gasteiger partial charge on any atom is -0.352 e. The van der Waals surface area contributed by atoms with Gasteiger partial charge in [-0.3, -0.25) is 4.79 Å². The highest BCUT2D eigenvalue weighted by Gasteiger charge is 2.32. The molecule has 0 bridgehead atoms. The van der Waals surface area contributed by atoms with Crippen molar-refractivity contribution < 1.29 is 13.2 Å². The molecule has 0 heterocycles. The van der Waals surface area contributed by atoms with Crippen LogP contribution in [0.1, 0.15) is 52.0 Å². The molecule has 1 aromatic carbocycles. The highest BCUT2D eigenvalue weighted by molar-refractivity contribution is 7.92. The standard InChI is InChI=1S/C21H33NO3S/c1-16(2)19-12-11-17(3)14-20(19)22-21(23)15-26(24,25)13-7-10-18-8-5-4-6-9-18/h4-6,8-9,16-17,19-20H,7,10-15H2,1-3H3,(H,22,23)/t17-,19-,20+/m1/s1. The predicted octanol–water partition coefficient (Wildman–Crippen LogP) is 3.61. The molecule has 146 valence electrons. The maximum Gasteiger partial charge on any atom is 0.235 e. The molecule has 1 aromatic rings. The van der Waals surface area contributed by atoms with E-state index in [-0.39, 0.29) is 17.7 Å². The molecule has 1 fully saturated rings. The second-order valence-corrected chi connectivity index (χ2v) is 10.4. The number of benzene rings is 1. The summed E-state index contributed by atoms with van der Waals surface area (Å²) in [5, 5.41) is 3.03. The lowest BCUT2D eigenvalue weighted by molar-refractivity contribution is -0.120. The summed E-state index contributed by atoms with van der Waals surface area (Å²) in [5.41, 5.74) is 1.13. The van der Waals surface area contributed by atoms with E-state index in [0.717, 1.165) is 24.8 Å². The van der Waals surface area contributed by atoms with Crippen molar-refractivity contribution in [3.05, 3.63) is 35.9 Å². The first-order valence-corrected chi connectivity index (χ1v) is 11.6. The molecule has 1 aliphatic rings. The number of carbonyl (C=O) groups excluding carboxylic acids is 1. The summed E-state index contributed by atoms with van der Waals surface area (Å²) in [5.74, 6) is 0.847. The molecule has 0 spiro atoms. The van der Waals surface area contributed by atoms with Crippen LogP contribution in [-0.4, -0.2) is 31.9 Å². The Morgan fingerprint density at radius 1 is 1.19 bits per heavy atom. The van der Waals surface area contributed by atoms with Crippen LogP contribution in [-0.2, 0) is 21.1 Å². The number of nitrogens with one attached hydrogen (secondary N) is 1. The van der Waals surface area contributed by atoms with Gasteiger partial charge in [0.15, 0.2) is 9.84 Å². The van der Waals surface area contributed by atoms with E-state index in [2.05, 4.69) is 26.1 Å². The van der Waals surface area contributed by atoms with Gasteiger partial charge in [0.25, 0.3) is 0 Å². The Hall–Kier alpha value is -1.36. The van der Waals surface area contributed by atoms with Crippen molar-refractivity contribution >= 4 is 15.7 Å². The monoisotopic (exact) mass is 379 g/mol. The smallest absolute Gasteiger partial charge is 0.235 e. The molecule has 26 heavy (non-hydrogen) atoms. The van der Waals surface area contributed by atoms with Gasteiger partial charge in [-0.15, -0.1) is 0 Å². The Balaban J connectivity index is 1.82. The van der Waals surface area contributed by atoms with Crippen molar-refractivity contribution in [2.75, 3.05) is 11.5 Å². The molecule has 1 aliphatic carbocycles. The molecule has 0 saturated heterocycles. The van der Waals surface area contributed by atoms with Gasteiger partial charge in [-0.2, -0.15) is 0 Å². The molecule has 0 radical (unpaired) electrons. The largest absolute Gasteiger partial charge is 0.352 e. The molecule has 0 aliphatic heterocycles. The highest BCUT2D eigenvalue weighted by Crippen LogP contribution is 2.33. The SMILES string of the molecule is CC(C)[C@H]1CC[C@@H](C)C[C@@H]1NC(=O)CS(=O)(=O)CCCc1ccccc1.